The maximum absolute atomic E-state index is 14.4. The molecule has 7 nitrogen and oxygen atoms in total. The first-order valence-electron chi connectivity index (χ1n) is 12.5. The number of nitrogens with one attached hydrogen (secondary N) is 1. The van der Waals surface area contributed by atoms with E-state index in [0.29, 0.717) is 28.3 Å². The van der Waals surface area contributed by atoms with Gasteiger partial charge in [0, 0.05) is 17.3 Å². The van der Waals surface area contributed by atoms with Crippen molar-refractivity contribution in [2.75, 3.05) is 11.9 Å². The van der Waals surface area contributed by atoms with Crippen LogP contribution in [0, 0.1) is 19.7 Å². The topological polar surface area (TPSA) is 80.4 Å². The van der Waals surface area contributed by atoms with E-state index >= 15 is 0 Å². The smallest absolute Gasteiger partial charge is 0.254 e. The van der Waals surface area contributed by atoms with Crippen LogP contribution in [0.3, 0.4) is 0 Å². The van der Waals surface area contributed by atoms with Crippen molar-refractivity contribution >= 4 is 17.8 Å². The summed E-state index contributed by atoms with van der Waals surface area (Å²) in [4.78, 5) is 32.7. The highest BCUT2D eigenvalue weighted by molar-refractivity contribution is 5.99. The Labute approximate surface area is 225 Å². The average Bonchev–Trinajstić information content (AvgIpc) is 3.61. The SMILES string of the molecule is Cc1ccc(C(=O)N(CC(=O)Nc2nc(-c3ccccc3)cn2-c2ccc(C)c(F)c2)Cc2ccco2)cc1. The molecule has 0 unspecified atom stereocenters. The molecule has 0 radical (unpaired) electrons. The molecular weight excluding hydrogens is 495 g/mol. The Kier molecular flexibility index (Phi) is 7.36. The lowest BCUT2D eigenvalue weighted by Crippen LogP contribution is -2.37. The van der Waals surface area contributed by atoms with Crippen molar-refractivity contribution in [2.45, 2.75) is 20.4 Å². The van der Waals surface area contributed by atoms with E-state index in [1.165, 1.54) is 17.2 Å². The molecule has 0 saturated heterocycles. The number of benzene rings is 3. The van der Waals surface area contributed by atoms with Gasteiger partial charge in [-0.2, -0.15) is 0 Å². The van der Waals surface area contributed by atoms with Crippen molar-refractivity contribution in [3.8, 4) is 16.9 Å². The number of aromatic nitrogens is 2. The van der Waals surface area contributed by atoms with Crippen molar-refractivity contribution in [1.29, 1.82) is 0 Å². The summed E-state index contributed by atoms with van der Waals surface area (Å²) in [6.45, 7) is 3.49. The van der Waals surface area contributed by atoms with E-state index in [2.05, 4.69) is 10.3 Å². The number of hydrogen-bond acceptors (Lipinski definition) is 4. The van der Waals surface area contributed by atoms with Crippen LogP contribution in [0.4, 0.5) is 10.3 Å². The third-order valence-corrected chi connectivity index (χ3v) is 6.31. The number of carbonyl (C=O) groups is 2. The van der Waals surface area contributed by atoms with Gasteiger partial charge in [-0.15, -0.1) is 0 Å². The van der Waals surface area contributed by atoms with Gasteiger partial charge in [0.05, 0.1) is 24.2 Å². The molecule has 1 N–H and O–H groups in total. The van der Waals surface area contributed by atoms with E-state index in [0.717, 1.165) is 11.1 Å². The number of imidazole rings is 1. The number of rotatable bonds is 8. The van der Waals surface area contributed by atoms with Gasteiger partial charge >= 0.3 is 0 Å². The average molecular weight is 523 g/mol. The Morgan fingerprint density at radius 1 is 0.974 bits per heavy atom. The Balaban J connectivity index is 1.44. The molecule has 0 spiro atoms. The standard InChI is InChI=1S/C31H27FN4O3/c1-21-10-13-24(14-11-21)30(38)35(18-26-9-6-16-39-26)20-29(37)34-31-33-28(23-7-4-3-5-8-23)19-36(31)25-15-12-22(2)27(32)17-25/h3-17,19H,18,20H2,1-2H3,(H,33,34,37). The molecule has 0 aliphatic heterocycles. The summed E-state index contributed by atoms with van der Waals surface area (Å²) in [5, 5.41) is 2.82. The second kappa shape index (κ2) is 11.2. The largest absolute Gasteiger partial charge is 0.467 e. The summed E-state index contributed by atoms with van der Waals surface area (Å²) in [6.07, 6.45) is 3.26. The summed E-state index contributed by atoms with van der Waals surface area (Å²) < 4.78 is 21.5. The highest BCUT2D eigenvalue weighted by Crippen LogP contribution is 2.25. The summed E-state index contributed by atoms with van der Waals surface area (Å²) in [5.41, 5.74) is 3.95. The fourth-order valence-corrected chi connectivity index (χ4v) is 4.15. The molecule has 5 rings (SSSR count). The second-order valence-electron chi connectivity index (χ2n) is 9.27. The van der Waals surface area contributed by atoms with E-state index in [4.69, 9.17) is 4.42 Å². The van der Waals surface area contributed by atoms with E-state index in [1.807, 2.05) is 49.4 Å². The van der Waals surface area contributed by atoms with Crippen LogP contribution in [0.1, 0.15) is 27.2 Å². The van der Waals surface area contributed by atoms with Gasteiger partial charge < -0.3 is 9.32 Å². The molecule has 8 heteroatoms. The first-order chi connectivity index (χ1) is 18.9. The molecule has 3 aromatic carbocycles. The lowest BCUT2D eigenvalue weighted by Gasteiger charge is -2.21. The van der Waals surface area contributed by atoms with Crippen LogP contribution in [0.2, 0.25) is 0 Å². The van der Waals surface area contributed by atoms with E-state index in [1.54, 1.807) is 54.1 Å². The van der Waals surface area contributed by atoms with Crippen LogP contribution < -0.4 is 5.32 Å². The number of halogens is 1. The van der Waals surface area contributed by atoms with Crippen molar-refractivity contribution in [2.24, 2.45) is 0 Å². The van der Waals surface area contributed by atoms with Crippen molar-refractivity contribution in [3.63, 3.8) is 0 Å². The number of furan rings is 1. The summed E-state index contributed by atoms with van der Waals surface area (Å²) in [7, 11) is 0. The zero-order chi connectivity index (χ0) is 27.4. The number of aryl methyl sites for hydroxylation is 2. The van der Waals surface area contributed by atoms with Gasteiger partial charge in [0.1, 0.15) is 18.1 Å². The third kappa shape index (κ3) is 5.96. The molecule has 0 fully saturated rings. The van der Waals surface area contributed by atoms with Gasteiger partial charge in [-0.05, 0) is 55.8 Å². The van der Waals surface area contributed by atoms with Crippen LogP contribution >= 0.6 is 0 Å². The number of hydrogen-bond donors (Lipinski definition) is 1. The van der Waals surface area contributed by atoms with Gasteiger partial charge in [0.2, 0.25) is 11.9 Å². The predicted molar refractivity (Wildman–Crippen MR) is 147 cm³/mol. The molecule has 2 heterocycles. The predicted octanol–water partition coefficient (Wildman–Crippen LogP) is 6.17. The van der Waals surface area contributed by atoms with Crippen molar-refractivity contribution in [3.05, 3.63) is 126 Å². The Hall–Kier alpha value is -4.98. The first-order valence-corrected chi connectivity index (χ1v) is 12.5. The van der Waals surface area contributed by atoms with Crippen LogP contribution in [0.5, 0.6) is 0 Å². The summed E-state index contributed by atoms with van der Waals surface area (Å²) in [6, 6.07) is 24.9. The number of nitrogens with zero attached hydrogens (tertiary/aromatic N) is 3. The molecule has 0 aliphatic carbocycles. The minimum atomic E-state index is -0.457. The van der Waals surface area contributed by atoms with Crippen LogP contribution in [-0.2, 0) is 11.3 Å². The molecule has 0 saturated carbocycles. The molecule has 0 atom stereocenters. The highest BCUT2D eigenvalue weighted by atomic mass is 19.1. The van der Waals surface area contributed by atoms with Crippen LogP contribution in [0.25, 0.3) is 16.9 Å². The summed E-state index contributed by atoms with van der Waals surface area (Å²) >= 11 is 0. The van der Waals surface area contributed by atoms with E-state index < -0.39 is 5.91 Å². The van der Waals surface area contributed by atoms with Crippen LogP contribution in [0.15, 0.2) is 102 Å². The quantitative estimate of drug-likeness (QED) is 0.264. The van der Waals surface area contributed by atoms with Gasteiger partial charge in [0.25, 0.3) is 5.91 Å². The van der Waals surface area contributed by atoms with Gasteiger partial charge in [-0.3, -0.25) is 19.5 Å². The molecule has 39 heavy (non-hydrogen) atoms. The zero-order valence-corrected chi connectivity index (χ0v) is 21.6. The van der Waals surface area contributed by atoms with E-state index in [-0.39, 0.29) is 30.8 Å². The lowest BCUT2D eigenvalue weighted by molar-refractivity contribution is -0.117. The minimum Gasteiger partial charge on any atom is -0.467 e. The fraction of sp³-hybridized carbons (Fsp3) is 0.129. The second-order valence-corrected chi connectivity index (χ2v) is 9.27. The van der Waals surface area contributed by atoms with Crippen molar-refractivity contribution in [1.82, 2.24) is 14.5 Å². The molecule has 5 aromatic rings. The van der Waals surface area contributed by atoms with Gasteiger partial charge in [-0.25, -0.2) is 9.37 Å². The molecule has 196 valence electrons. The van der Waals surface area contributed by atoms with E-state index in [9.17, 15) is 14.0 Å². The monoisotopic (exact) mass is 522 g/mol. The maximum atomic E-state index is 14.4. The molecule has 2 amide bonds. The summed E-state index contributed by atoms with van der Waals surface area (Å²) in [5.74, 6) is -0.376. The third-order valence-electron chi connectivity index (χ3n) is 6.31. The zero-order valence-electron chi connectivity index (χ0n) is 21.6. The normalized spacial score (nSPS) is 10.8. The maximum Gasteiger partial charge on any atom is 0.254 e. The highest BCUT2D eigenvalue weighted by Gasteiger charge is 2.22. The number of carbonyl (C=O) groups excluding carboxylic acids is 2. The molecular formula is C31H27FN4O3. The first kappa shape index (κ1) is 25.7. The molecule has 0 bridgehead atoms. The lowest BCUT2D eigenvalue weighted by atomic mass is 10.1. The molecule has 2 aromatic heterocycles. The number of anilines is 1. The molecule has 0 aliphatic rings. The number of amides is 2. The fourth-order valence-electron chi connectivity index (χ4n) is 4.15. The van der Waals surface area contributed by atoms with Crippen molar-refractivity contribution < 1.29 is 18.4 Å². The Morgan fingerprint density at radius 2 is 1.74 bits per heavy atom. The van der Waals surface area contributed by atoms with Crippen LogP contribution in [-0.4, -0.2) is 32.8 Å². The minimum absolute atomic E-state index is 0.111. The Bertz CT molecular complexity index is 1590. The van der Waals surface area contributed by atoms with Gasteiger partial charge in [-0.1, -0.05) is 54.1 Å². The Morgan fingerprint density at radius 3 is 2.44 bits per heavy atom. The van der Waals surface area contributed by atoms with Gasteiger partial charge in [0.15, 0.2) is 0 Å².